The predicted octanol–water partition coefficient (Wildman–Crippen LogP) is 6.48. The number of rotatable bonds is 15. The Morgan fingerprint density at radius 3 is 1.83 bits per heavy atom. The standard InChI is InChI=1S/C20H35O3P/c1-3-5-6-7-8-9-10-11-12-16-19-23-24(21,22-4-2)20-17-14-13-15-18-20/h13-15,17-18H,3-12,16,19H2,1-2H3. The minimum atomic E-state index is -3.15. The molecule has 0 saturated heterocycles. The van der Waals surface area contributed by atoms with Crippen LogP contribution in [-0.2, 0) is 13.6 Å². The van der Waals surface area contributed by atoms with Gasteiger partial charge in [-0.15, -0.1) is 0 Å². The van der Waals surface area contributed by atoms with Crippen LogP contribution in [0.5, 0.6) is 0 Å². The molecule has 1 rings (SSSR count). The summed E-state index contributed by atoms with van der Waals surface area (Å²) in [5, 5.41) is 0.652. The highest BCUT2D eigenvalue weighted by Crippen LogP contribution is 2.46. The van der Waals surface area contributed by atoms with Crippen molar-refractivity contribution in [1.29, 1.82) is 0 Å². The Morgan fingerprint density at radius 2 is 1.29 bits per heavy atom. The van der Waals surface area contributed by atoms with Crippen molar-refractivity contribution in [3.8, 4) is 0 Å². The monoisotopic (exact) mass is 354 g/mol. The number of unbranched alkanes of at least 4 members (excludes halogenated alkanes) is 9. The molecular formula is C20H35O3P. The van der Waals surface area contributed by atoms with Gasteiger partial charge in [-0.1, -0.05) is 82.9 Å². The molecule has 0 N–H and O–H groups in total. The summed E-state index contributed by atoms with van der Waals surface area (Å²) in [4.78, 5) is 0. The van der Waals surface area contributed by atoms with Gasteiger partial charge in [0, 0.05) is 0 Å². The third kappa shape index (κ3) is 9.01. The van der Waals surface area contributed by atoms with Gasteiger partial charge in [-0.25, -0.2) is 0 Å². The van der Waals surface area contributed by atoms with Gasteiger partial charge in [0.05, 0.1) is 18.5 Å². The fourth-order valence-electron chi connectivity index (χ4n) is 2.74. The van der Waals surface area contributed by atoms with Gasteiger partial charge < -0.3 is 9.05 Å². The number of hydrogen-bond donors (Lipinski definition) is 0. The van der Waals surface area contributed by atoms with Crippen LogP contribution in [0.3, 0.4) is 0 Å². The summed E-state index contributed by atoms with van der Waals surface area (Å²) in [6.45, 7) is 5.00. The van der Waals surface area contributed by atoms with Crippen molar-refractivity contribution in [2.45, 2.75) is 78.1 Å². The maximum atomic E-state index is 12.8. The molecule has 1 aromatic carbocycles. The molecule has 0 aliphatic heterocycles. The highest BCUT2D eigenvalue weighted by atomic mass is 31.2. The first-order valence-corrected chi connectivity index (χ1v) is 11.2. The van der Waals surface area contributed by atoms with E-state index in [2.05, 4.69) is 6.92 Å². The number of benzene rings is 1. The molecule has 0 aliphatic carbocycles. The van der Waals surface area contributed by atoms with Crippen LogP contribution in [0.15, 0.2) is 30.3 Å². The minimum Gasteiger partial charge on any atom is -0.305 e. The van der Waals surface area contributed by atoms with Crippen LogP contribution in [0.25, 0.3) is 0 Å². The largest absolute Gasteiger partial charge is 0.361 e. The van der Waals surface area contributed by atoms with Crippen LogP contribution < -0.4 is 5.30 Å². The summed E-state index contributed by atoms with van der Waals surface area (Å²) < 4.78 is 23.9. The SMILES string of the molecule is CCCCCCCCCCCCOP(=O)(OCC)c1ccccc1. The molecule has 0 saturated carbocycles. The lowest BCUT2D eigenvalue weighted by molar-refractivity contribution is 0.217. The van der Waals surface area contributed by atoms with Crippen LogP contribution >= 0.6 is 7.60 Å². The second-order valence-electron chi connectivity index (χ2n) is 6.27. The van der Waals surface area contributed by atoms with E-state index in [9.17, 15) is 4.57 Å². The zero-order valence-electron chi connectivity index (χ0n) is 15.5. The third-order valence-corrected chi connectivity index (χ3v) is 6.18. The summed E-state index contributed by atoms with van der Waals surface area (Å²) in [7, 11) is -3.15. The van der Waals surface area contributed by atoms with Gasteiger partial charge in [0.25, 0.3) is 0 Å². The Morgan fingerprint density at radius 1 is 0.750 bits per heavy atom. The Balaban J connectivity index is 2.13. The lowest BCUT2D eigenvalue weighted by atomic mass is 10.1. The molecule has 0 fully saturated rings. The van der Waals surface area contributed by atoms with Gasteiger partial charge in [0.1, 0.15) is 0 Å². The third-order valence-electron chi connectivity index (χ3n) is 4.13. The normalized spacial score (nSPS) is 13.8. The van der Waals surface area contributed by atoms with Crippen molar-refractivity contribution in [2.75, 3.05) is 13.2 Å². The molecule has 0 aromatic heterocycles. The van der Waals surface area contributed by atoms with E-state index in [1.54, 1.807) is 0 Å². The zero-order valence-corrected chi connectivity index (χ0v) is 16.4. The lowest BCUT2D eigenvalue weighted by Crippen LogP contribution is -2.10. The van der Waals surface area contributed by atoms with E-state index in [-0.39, 0.29) is 0 Å². The molecular weight excluding hydrogens is 319 g/mol. The highest BCUT2D eigenvalue weighted by Gasteiger charge is 2.26. The fourth-order valence-corrected chi connectivity index (χ4v) is 4.36. The van der Waals surface area contributed by atoms with Crippen molar-refractivity contribution < 1.29 is 13.6 Å². The second-order valence-corrected chi connectivity index (χ2v) is 8.29. The summed E-state index contributed by atoms with van der Waals surface area (Å²) in [5.74, 6) is 0. The van der Waals surface area contributed by atoms with Crippen molar-refractivity contribution in [2.24, 2.45) is 0 Å². The van der Waals surface area contributed by atoms with E-state index in [0.717, 1.165) is 12.8 Å². The minimum absolute atomic E-state index is 0.393. The Kier molecular flexibility index (Phi) is 12.2. The average Bonchev–Trinajstić information content (AvgIpc) is 2.61. The van der Waals surface area contributed by atoms with Crippen LogP contribution in [0.1, 0.15) is 78.1 Å². The van der Waals surface area contributed by atoms with Crippen LogP contribution in [0.4, 0.5) is 0 Å². The zero-order chi connectivity index (χ0) is 17.5. The molecule has 0 bridgehead atoms. The highest BCUT2D eigenvalue weighted by molar-refractivity contribution is 7.62. The molecule has 138 valence electrons. The molecule has 24 heavy (non-hydrogen) atoms. The van der Waals surface area contributed by atoms with Gasteiger partial charge in [-0.05, 0) is 25.5 Å². The summed E-state index contributed by atoms with van der Waals surface area (Å²) in [5.41, 5.74) is 0. The first-order valence-electron chi connectivity index (χ1n) is 9.67. The quantitative estimate of drug-likeness (QED) is 0.267. The number of hydrogen-bond acceptors (Lipinski definition) is 3. The molecule has 1 aromatic rings. The van der Waals surface area contributed by atoms with Gasteiger partial charge in [-0.2, -0.15) is 0 Å². The maximum absolute atomic E-state index is 12.8. The molecule has 3 nitrogen and oxygen atoms in total. The predicted molar refractivity (Wildman–Crippen MR) is 103 cm³/mol. The second kappa shape index (κ2) is 13.6. The first-order chi connectivity index (χ1) is 11.7. The lowest BCUT2D eigenvalue weighted by Gasteiger charge is -2.17. The van der Waals surface area contributed by atoms with Gasteiger partial charge in [-0.3, -0.25) is 4.57 Å². The van der Waals surface area contributed by atoms with E-state index in [1.165, 1.54) is 51.4 Å². The fraction of sp³-hybridized carbons (Fsp3) is 0.700. The summed E-state index contributed by atoms with van der Waals surface area (Å²) in [6, 6.07) is 9.27. The summed E-state index contributed by atoms with van der Waals surface area (Å²) >= 11 is 0. The van der Waals surface area contributed by atoms with Crippen LogP contribution in [0, 0.1) is 0 Å². The smallest absolute Gasteiger partial charge is 0.305 e. The summed E-state index contributed by atoms with van der Waals surface area (Å²) in [6.07, 6.45) is 12.8. The molecule has 0 spiro atoms. The van der Waals surface area contributed by atoms with E-state index in [0.29, 0.717) is 18.5 Å². The van der Waals surface area contributed by atoms with Crippen molar-refractivity contribution in [1.82, 2.24) is 0 Å². The van der Waals surface area contributed by atoms with Gasteiger partial charge in [0.2, 0.25) is 0 Å². The molecule has 0 heterocycles. The van der Waals surface area contributed by atoms with E-state index >= 15 is 0 Å². The van der Waals surface area contributed by atoms with Gasteiger partial charge >= 0.3 is 7.60 Å². The molecule has 1 atom stereocenters. The molecule has 0 amide bonds. The van der Waals surface area contributed by atoms with Crippen molar-refractivity contribution >= 4 is 12.9 Å². The molecule has 0 radical (unpaired) electrons. The van der Waals surface area contributed by atoms with Crippen molar-refractivity contribution in [3.05, 3.63) is 30.3 Å². The Labute approximate surface area is 148 Å². The van der Waals surface area contributed by atoms with Crippen molar-refractivity contribution in [3.63, 3.8) is 0 Å². The molecule has 4 heteroatoms. The van der Waals surface area contributed by atoms with E-state index in [1.807, 2.05) is 37.3 Å². The van der Waals surface area contributed by atoms with Crippen LogP contribution in [0.2, 0.25) is 0 Å². The average molecular weight is 354 g/mol. The topological polar surface area (TPSA) is 35.5 Å². The molecule has 0 aliphatic rings. The van der Waals surface area contributed by atoms with Gasteiger partial charge in [0.15, 0.2) is 0 Å². The Bertz CT molecular complexity index is 447. The van der Waals surface area contributed by atoms with E-state index < -0.39 is 7.60 Å². The maximum Gasteiger partial charge on any atom is 0.361 e. The Hall–Kier alpha value is -0.630. The molecule has 1 unspecified atom stereocenters. The van der Waals surface area contributed by atoms with Crippen LogP contribution in [-0.4, -0.2) is 13.2 Å². The van der Waals surface area contributed by atoms with E-state index in [4.69, 9.17) is 9.05 Å². The first kappa shape index (κ1) is 21.4.